The summed E-state index contributed by atoms with van der Waals surface area (Å²) in [5, 5.41) is 0. The number of unbranched alkanes of at least 4 members (excludes halogenated alkanes) is 11. The molecule has 0 N–H and O–H groups in total. The van der Waals surface area contributed by atoms with Crippen molar-refractivity contribution in [3.05, 3.63) is 156 Å². The summed E-state index contributed by atoms with van der Waals surface area (Å²) in [4.78, 5) is 77.3. The third-order valence-corrected chi connectivity index (χ3v) is 13.8. The third-order valence-electron chi connectivity index (χ3n) is 13.8. The van der Waals surface area contributed by atoms with Crippen molar-refractivity contribution >= 4 is 35.8 Å². The second-order valence-electron chi connectivity index (χ2n) is 20.4. The zero-order valence-corrected chi connectivity index (χ0v) is 48.3. The molecule has 0 radical (unpaired) electrons. The van der Waals surface area contributed by atoms with E-state index in [9.17, 15) is 28.8 Å². The molecule has 434 valence electrons. The normalized spacial score (nSPS) is 11.6. The average Bonchev–Trinajstić information content (AvgIpc) is 3.54. The number of benzene rings is 6. The first-order valence-electron chi connectivity index (χ1n) is 28.8. The molecule has 82 heavy (non-hydrogen) atoms. The van der Waals surface area contributed by atoms with Crippen molar-refractivity contribution in [3.8, 4) is 56.8 Å². The number of carbonyl (C=O) groups excluding carboxylic acids is 6. The number of rotatable bonds is 33. The Morgan fingerprint density at radius 2 is 0.659 bits per heavy atom. The van der Waals surface area contributed by atoms with Crippen molar-refractivity contribution in [2.24, 2.45) is 0 Å². The van der Waals surface area contributed by atoms with Gasteiger partial charge in [-0.2, -0.15) is 0 Å². The predicted molar refractivity (Wildman–Crippen MR) is 315 cm³/mol. The van der Waals surface area contributed by atoms with Gasteiger partial charge in [-0.1, -0.05) is 127 Å². The molecule has 0 aliphatic heterocycles. The molecule has 6 rings (SSSR count). The molecule has 0 saturated carbocycles. The highest BCUT2D eigenvalue weighted by Crippen LogP contribution is 2.32. The fraction of sp³-hybridized carbons (Fsp3) is 0.382. The fourth-order valence-corrected chi connectivity index (χ4v) is 9.05. The second kappa shape index (κ2) is 33.5. The second-order valence-corrected chi connectivity index (χ2v) is 20.4. The van der Waals surface area contributed by atoms with Gasteiger partial charge in [0.25, 0.3) is 0 Å². The zero-order valence-electron chi connectivity index (χ0n) is 48.3. The Balaban J connectivity index is 0.865. The molecular formula is C68H78O14. The Hall–Kier alpha value is -8.26. The summed E-state index contributed by atoms with van der Waals surface area (Å²) in [6.45, 7) is 8.23. The molecule has 0 saturated heterocycles. The molecule has 0 fully saturated rings. The van der Waals surface area contributed by atoms with Crippen LogP contribution in [0.15, 0.2) is 133 Å². The van der Waals surface area contributed by atoms with Gasteiger partial charge in [0.15, 0.2) is 23.0 Å². The molecule has 0 heterocycles. The van der Waals surface area contributed by atoms with E-state index in [0.717, 1.165) is 60.8 Å². The zero-order chi connectivity index (χ0) is 58.6. The van der Waals surface area contributed by atoms with Crippen LogP contribution in [-0.4, -0.2) is 62.2 Å². The molecule has 2 unspecified atom stereocenters. The molecule has 0 amide bonds. The van der Waals surface area contributed by atoms with E-state index < -0.39 is 23.9 Å². The van der Waals surface area contributed by atoms with Gasteiger partial charge in [-0.05, 0) is 160 Å². The van der Waals surface area contributed by atoms with E-state index in [1.165, 1.54) is 89.1 Å². The first kappa shape index (κ1) is 62.9. The predicted octanol–water partition coefficient (Wildman–Crippen LogP) is 16.1. The van der Waals surface area contributed by atoms with Gasteiger partial charge in [-0.15, -0.1) is 0 Å². The molecule has 6 aromatic rings. The van der Waals surface area contributed by atoms with Crippen LogP contribution in [0.1, 0.15) is 185 Å². The maximum absolute atomic E-state index is 13.1. The van der Waals surface area contributed by atoms with Gasteiger partial charge < -0.3 is 37.9 Å². The molecule has 0 aliphatic carbocycles. The lowest BCUT2D eigenvalue weighted by Gasteiger charge is -2.13. The van der Waals surface area contributed by atoms with E-state index in [1.807, 2.05) is 62.4 Å². The summed E-state index contributed by atoms with van der Waals surface area (Å²) in [6.07, 6.45) is 15.6. The average molecular weight is 1120 g/mol. The molecule has 2 atom stereocenters. The Morgan fingerprint density at radius 3 is 1.00 bits per heavy atom. The van der Waals surface area contributed by atoms with Crippen LogP contribution in [-0.2, 0) is 19.1 Å². The number of ether oxygens (including phenoxy) is 8. The summed E-state index contributed by atoms with van der Waals surface area (Å²) >= 11 is 0. The molecule has 0 spiro atoms. The van der Waals surface area contributed by atoms with Crippen LogP contribution in [0, 0.1) is 0 Å². The van der Waals surface area contributed by atoms with E-state index in [-0.39, 0.29) is 71.1 Å². The first-order valence-corrected chi connectivity index (χ1v) is 28.8. The third kappa shape index (κ3) is 20.4. The lowest BCUT2D eigenvalue weighted by Crippen LogP contribution is -2.15. The minimum Gasteiger partial charge on any atom is -0.493 e. The van der Waals surface area contributed by atoms with Crippen LogP contribution in [0.3, 0.4) is 0 Å². The lowest BCUT2D eigenvalue weighted by molar-refractivity contribution is -0.135. The van der Waals surface area contributed by atoms with E-state index in [4.69, 9.17) is 37.9 Å². The Bertz CT molecular complexity index is 2800. The van der Waals surface area contributed by atoms with Gasteiger partial charge in [-0.25, -0.2) is 19.2 Å². The molecule has 6 aromatic carbocycles. The van der Waals surface area contributed by atoms with Gasteiger partial charge in [0.05, 0.1) is 48.7 Å². The van der Waals surface area contributed by atoms with Crippen molar-refractivity contribution in [3.63, 3.8) is 0 Å². The molecule has 0 aromatic heterocycles. The quantitative estimate of drug-likeness (QED) is 0.0216. The van der Waals surface area contributed by atoms with Gasteiger partial charge in [0.1, 0.15) is 11.5 Å². The van der Waals surface area contributed by atoms with E-state index in [2.05, 4.69) is 13.8 Å². The maximum Gasteiger partial charge on any atom is 0.343 e. The standard InChI is InChI=1S/C68H78O14/c1-7-9-11-13-17-21-47(3)77-65(71)53-29-25-49(26-30-53)51-33-39-57(40-34-51)79-67(73)55-37-43-59(61(45-55)75-5)81-63(69)23-19-15-16-20-24-64(70)82-60-44-38-56(46-62(60)76-6)68(74)80-58-41-35-52(36-42-58)50-27-31-54(32-28-50)66(72)78-48(4)22-18-14-12-10-8-2/h25-48H,7-24H2,1-6H3. The topological polar surface area (TPSA) is 176 Å². The Kier molecular flexibility index (Phi) is 25.7. The van der Waals surface area contributed by atoms with Crippen molar-refractivity contribution in [1.82, 2.24) is 0 Å². The van der Waals surface area contributed by atoms with E-state index in [1.54, 1.807) is 48.5 Å². The van der Waals surface area contributed by atoms with Gasteiger partial charge in [-0.3, -0.25) is 9.59 Å². The van der Waals surface area contributed by atoms with Crippen LogP contribution in [0.4, 0.5) is 0 Å². The van der Waals surface area contributed by atoms with Gasteiger partial charge in [0.2, 0.25) is 0 Å². The minimum absolute atomic E-state index is 0.119. The van der Waals surface area contributed by atoms with Crippen molar-refractivity contribution in [1.29, 1.82) is 0 Å². The van der Waals surface area contributed by atoms with E-state index in [0.29, 0.717) is 48.3 Å². The lowest BCUT2D eigenvalue weighted by atomic mass is 10.0. The van der Waals surface area contributed by atoms with Crippen LogP contribution in [0.2, 0.25) is 0 Å². The van der Waals surface area contributed by atoms with Crippen LogP contribution in [0.5, 0.6) is 34.5 Å². The highest BCUT2D eigenvalue weighted by molar-refractivity contribution is 5.94. The number of carbonyl (C=O) groups is 6. The van der Waals surface area contributed by atoms with E-state index >= 15 is 0 Å². The Morgan fingerprint density at radius 1 is 0.341 bits per heavy atom. The number of hydrogen-bond donors (Lipinski definition) is 0. The summed E-state index contributed by atoms with van der Waals surface area (Å²) in [7, 11) is 2.81. The van der Waals surface area contributed by atoms with Crippen LogP contribution in [0.25, 0.3) is 22.3 Å². The largest absolute Gasteiger partial charge is 0.493 e. The fourth-order valence-electron chi connectivity index (χ4n) is 9.05. The minimum atomic E-state index is -0.629. The summed E-state index contributed by atoms with van der Waals surface area (Å²) in [5.74, 6) is -1.58. The molecule has 14 nitrogen and oxygen atoms in total. The summed E-state index contributed by atoms with van der Waals surface area (Å²) in [5.41, 5.74) is 4.85. The molecule has 0 aliphatic rings. The SMILES string of the molecule is CCCCCCCC(C)OC(=O)c1ccc(-c2ccc(OC(=O)c3ccc(OC(=O)CCCCCCC(=O)Oc4ccc(C(=O)Oc5ccc(-c6ccc(C(=O)OC(C)CCCCCCC)cc6)cc5)cc4OC)c(OC)c3)cc2)cc1. The van der Waals surface area contributed by atoms with Crippen molar-refractivity contribution < 1.29 is 66.7 Å². The molecular weight excluding hydrogens is 1040 g/mol. The molecule has 14 heteroatoms. The summed E-state index contributed by atoms with van der Waals surface area (Å²) in [6, 6.07) is 37.2. The highest BCUT2D eigenvalue weighted by Gasteiger charge is 2.20. The smallest absolute Gasteiger partial charge is 0.343 e. The van der Waals surface area contributed by atoms with Crippen LogP contribution < -0.4 is 28.4 Å². The van der Waals surface area contributed by atoms with Crippen molar-refractivity contribution in [2.45, 2.75) is 155 Å². The Labute approximate surface area is 482 Å². The first-order chi connectivity index (χ1) is 39.8. The number of esters is 6. The highest BCUT2D eigenvalue weighted by atomic mass is 16.6. The monoisotopic (exact) mass is 1120 g/mol. The number of hydrogen-bond acceptors (Lipinski definition) is 14. The summed E-state index contributed by atoms with van der Waals surface area (Å²) < 4.78 is 44.6. The van der Waals surface area contributed by atoms with Crippen molar-refractivity contribution in [2.75, 3.05) is 14.2 Å². The number of methoxy groups -OCH3 is 2. The van der Waals surface area contributed by atoms with Gasteiger partial charge in [0, 0.05) is 12.8 Å². The molecule has 0 bridgehead atoms. The van der Waals surface area contributed by atoms with Crippen LogP contribution >= 0.6 is 0 Å². The maximum atomic E-state index is 13.1. The van der Waals surface area contributed by atoms with Gasteiger partial charge >= 0.3 is 35.8 Å².